The number of hydrogen-bond donors (Lipinski definition) is 1. The number of nitrogens with one attached hydrogen (secondary N) is 1. The first-order valence-electron chi connectivity index (χ1n) is 8.25. The quantitative estimate of drug-likeness (QED) is 0.256. The van der Waals surface area contributed by atoms with E-state index < -0.39 is 5.63 Å². The molecule has 2 aromatic heterocycles. The van der Waals surface area contributed by atoms with Crippen molar-refractivity contribution in [2.45, 2.75) is 0 Å². The van der Waals surface area contributed by atoms with Crippen LogP contribution < -0.4 is 15.8 Å². The Labute approximate surface area is 172 Å². The molecule has 0 fully saturated rings. The highest BCUT2D eigenvalue weighted by Crippen LogP contribution is 2.27. The third kappa shape index (κ3) is 3.97. The Bertz CT molecular complexity index is 1220. The van der Waals surface area contributed by atoms with Gasteiger partial charge in [0.25, 0.3) is 0 Å². The minimum atomic E-state index is -0.437. The normalized spacial score (nSPS) is 11.2. The van der Waals surface area contributed by atoms with Crippen LogP contribution in [0.4, 0.5) is 5.13 Å². The summed E-state index contributed by atoms with van der Waals surface area (Å²) >= 11 is 4.75. The van der Waals surface area contributed by atoms with E-state index >= 15 is 0 Å². The van der Waals surface area contributed by atoms with Crippen LogP contribution in [-0.4, -0.2) is 18.3 Å². The topological polar surface area (TPSA) is 76.7 Å². The predicted molar refractivity (Wildman–Crippen MR) is 116 cm³/mol. The van der Waals surface area contributed by atoms with Crippen LogP contribution in [0.15, 0.2) is 72.7 Å². The maximum atomic E-state index is 12.3. The molecule has 0 unspecified atom stereocenters. The number of nitrogens with zero attached hydrogens (tertiary/aromatic N) is 2. The zero-order valence-electron chi connectivity index (χ0n) is 14.7. The van der Waals surface area contributed by atoms with Gasteiger partial charge in [0, 0.05) is 15.2 Å². The molecule has 0 saturated heterocycles. The van der Waals surface area contributed by atoms with Gasteiger partial charge in [-0.25, -0.2) is 9.78 Å². The third-order valence-corrected chi connectivity index (χ3v) is 5.24. The largest absolute Gasteiger partial charge is 0.497 e. The van der Waals surface area contributed by atoms with Gasteiger partial charge in [0.2, 0.25) is 5.13 Å². The number of rotatable bonds is 5. The van der Waals surface area contributed by atoms with Crippen LogP contribution >= 0.6 is 27.3 Å². The van der Waals surface area contributed by atoms with E-state index in [0.29, 0.717) is 27.7 Å². The molecule has 2 heterocycles. The second-order valence-electron chi connectivity index (χ2n) is 5.81. The summed E-state index contributed by atoms with van der Waals surface area (Å²) in [5.74, 6) is 0.690. The van der Waals surface area contributed by atoms with Crippen molar-refractivity contribution in [3.8, 4) is 17.0 Å². The van der Waals surface area contributed by atoms with Crippen molar-refractivity contribution in [3.63, 3.8) is 0 Å². The first-order chi connectivity index (χ1) is 13.6. The smallest absolute Gasteiger partial charge is 0.345 e. The Morgan fingerprint density at radius 1 is 1.21 bits per heavy atom. The van der Waals surface area contributed by atoms with Crippen LogP contribution in [0.1, 0.15) is 5.56 Å². The number of benzene rings is 2. The molecule has 0 aliphatic carbocycles. The summed E-state index contributed by atoms with van der Waals surface area (Å²) in [4.78, 5) is 16.8. The fraction of sp³-hybridized carbons (Fsp3) is 0.0500. The third-order valence-electron chi connectivity index (χ3n) is 3.96. The molecule has 0 aliphatic heterocycles. The Hall–Kier alpha value is -2.97. The van der Waals surface area contributed by atoms with E-state index in [2.05, 4.69) is 31.4 Å². The molecule has 0 atom stereocenters. The first-order valence-corrected chi connectivity index (χ1v) is 9.92. The Morgan fingerprint density at radius 3 is 2.82 bits per heavy atom. The van der Waals surface area contributed by atoms with Gasteiger partial charge < -0.3 is 9.15 Å². The number of thiazole rings is 1. The molecule has 0 bridgehead atoms. The lowest BCUT2D eigenvalue weighted by atomic mass is 10.1. The highest BCUT2D eigenvalue weighted by atomic mass is 79.9. The summed E-state index contributed by atoms with van der Waals surface area (Å²) in [5.41, 5.74) is 4.83. The lowest BCUT2D eigenvalue weighted by Gasteiger charge is -2.03. The fourth-order valence-electron chi connectivity index (χ4n) is 2.57. The molecule has 2 aromatic carbocycles. The number of methoxy groups -OCH3 is 1. The number of anilines is 1. The molecule has 0 aliphatic rings. The van der Waals surface area contributed by atoms with Crippen molar-refractivity contribution in [1.82, 2.24) is 4.98 Å². The van der Waals surface area contributed by atoms with Gasteiger partial charge in [-0.3, -0.25) is 5.43 Å². The van der Waals surface area contributed by atoms with Gasteiger partial charge in [0.1, 0.15) is 11.3 Å². The van der Waals surface area contributed by atoms with Crippen LogP contribution in [0.25, 0.3) is 22.2 Å². The summed E-state index contributed by atoms with van der Waals surface area (Å²) < 4.78 is 11.6. The Kier molecular flexibility index (Phi) is 5.23. The maximum absolute atomic E-state index is 12.3. The molecule has 0 saturated carbocycles. The second kappa shape index (κ2) is 7.95. The van der Waals surface area contributed by atoms with Crippen LogP contribution in [-0.2, 0) is 0 Å². The number of fused-ring (bicyclic) bond motifs is 1. The van der Waals surface area contributed by atoms with Crippen molar-refractivity contribution in [2.75, 3.05) is 12.5 Å². The highest BCUT2D eigenvalue weighted by Gasteiger charge is 2.12. The van der Waals surface area contributed by atoms with Crippen molar-refractivity contribution in [2.24, 2.45) is 5.10 Å². The minimum Gasteiger partial charge on any atom is -0.497 e. The molecule has 0 spiro atoms. The monoisotopic (exact) mass is 455 g/mol. The summed E-state index contributed by atoms with van der Waals surface area (Å²) in [6.45, 7) is 0. The van der Waals surface area contributed by atoms with Crippen molar-refractivity contribution in [3.05, 3.63) is 74.4 Å². The lowest BCUT2D eigenvalue weighted by Crippen LogP contribution is -2.03. The molecule has 8 heteroatoms. The van der Waals surface area contributed by atoms with E-state index in [1.807, 2.05) is 30.3 Å². The van der Waals surface area contributed by atoms with Crippen molar-refractivity contribution in [1.29, 1.82) is 0 Å². The van der Waals surface area contributed by atoms with Gasteiger partial charge in [0.15, 0.2) is 0 Å². The summed E-state index contributed by atoms with van der Waals surface area (Å²) in [5, 5.41) is 7.32. The molecule has 4 aromatic rings. The van der Waals surface area contributed by atoms with E-state index in [4.69, 9.17) is 9.15 Å². The number of ether oxygens (including phenoxy) is 1. The Morgan fingerprint density at radius 2 is 2.04 bits per heavy atom. The average molecular weight is 456 g/mol. The predicted octanol–water partition coefficient (Wildman–Crippen LogP) is 5.13. The molecule has 4 rings (SSSR count). The number of hydrazone groups is 1. The number of aromatic nitrogens is 1. The van der Waals surface area contributed by atoms with E-state index in [-0.39, 0.29) is 0 Å². The average Bonchev–Trinajstić information content (AvgIpc) is 3.17. The summed E-state index contributed by atoms with van der Waals surface area (Å²) in [6.07, 6.45) is 1.70. The number of halogens is 1. The molecular formula is C20H14BrN3O3S. The van der Waals surface area contributed by atoms with Crippen LogP contribution in [0.3, 0.4) is 0 Å². The van der Waals surface area contributed by atoms with Gasteiger partial charge in [-0.15, -0.1) is 11.3 Å². The molecule has 0 amide bonds. The SMILES string of the molecule is COc1ccc2oc(=O)c(-c3csc(N/N=C/c4ccc(Br)cc4)n3)cc2c1. The van der Waals surface area contributed by atoms with E-state index in [1.165, 1.54) is 11.3 Å². The molecule has 28 heavy (non-hydrogen) atoms. The zero-order chi connectivity index (χ0) is 19.5. The summed E-state index contributed by atoms with van der Waals surface area (Å²) in [6, 6.07) is 14.8. The Balaban J connectivity index is 1.57. The van der Waals surface area contributed by atoms with Crippen LogP contribution in [0.2, 0.25) is 0 Å². The van der Waals surface area contributed by atoms with Crippen LogP contribution in [0, 0.1) is 0 Å². The van der Waals surface area contributed by atoms with Gasteiger partial charge in [-0.05, 0) is 42.0 Å². The van der Waals surface area contributed by atoms with E-state index in [1.54, 1.807) is 36.9 Å². The standard InChI is InChI=1S/C20H14BrN3O3S/c1-26-15-6-7-18-13(8-15)9-16(19(25)27-18)17-11-28-20(23-17)24-22-10-12-2-4-14(21)5-3-12/h2-11H,1H3,(H,23,24)/b22-10+. The van der Waals surface area contributed by atoms with E-state index in [0.717, 1.165) is 15.4 Å². The fourth-order valence-corrected chi connectivity index (χ4v) is 3.49. The van der Waals surface area contributed by atoms with Gasteiger partial charge in [-0.2, -0.15) is 5.10 Å². The molecule has 140 valence electrons. The maximum Gasteiger partial charge on any atom is 0.345 e. The van der Waals surface area contributed by atoms with Crippen molar-refractivity contribution >= 4 is 49.6 Å². The molecule has 6 nitrogen and oxygen atoms in total. The molecular weight excluding hydrogens is 442 g/mol. The van der Waals surface area contributed by atoms with Crippen molar-refractivity contribution < 1.29 is 9.15 Å². The zero-order valence-corrected chi connectivity index (χ0v) is 17.1. The summed E-state index contributed by atoms with van der Waals surface area (Å²) in [7, 11) is 1.59. The van der Waals surface area contributed by atoms with Gasteiger partial charge in [0.05, 0.1) is 24.6 Å². The number of hydrogen-bond acceptors (Lipinski definition) is 7. The van der Waals surface area contributed by atoms with E-state index in [9.17, 15) is 4.79 Å². The molecule has 0 radical (unpaired) electrons. The molecule has 1 N–H and O–H groups in total. The minimum absolute atomic E-state index is 0.391. The lowest BCUT2D eigenvalue weighted by molar-refractivity contribution is 0.415. The van der Waals surface area contributed by atoms with Crippen LogP contribution in [0.5, 0.6) is 5.75 Å². The van der Waals surface area contributed by atoms with Gasteiger partial charge in [-0.1, -0.05) is 28.1 Å². The van der Waals surface area contributed by atoms with Gasteiger partial charge >= 0.3 is 5.63 Å². The highest BCUT2D eigenvalue weighted by molar-refractivity contribution is 9.10. The first kappa shape index (κ1) is 18.4. The second-order valence-corrected chi connectivity index (χ2v) is 7.58.